The number of benzene rings is 3. The molecular formula is C29H29BrN2O5. The number of aliphatic hydroxyl groups is 1. The minimum atomic E-state index is -0.945. The van der Waals surface area contributed by atoms with Gasteiger partial charge in [-0.15, -0.1) is 0 Å². The second-order valence-corrected chi connectivity index (χ2v) is 9.63. The molecule has 192 valence electrons. The third-order valence-corrected chi connectivity index (χ3v) is 7.22. The van der Waals surface area contributed by atoms with Crippen LogP contribution in [0.15, 0.2) is 70.7 Å². The van der Waals surface area contributed by atoms with E-state index in [2.05, 4.69) is 34.7 Å². The normalized spacial score (nSPS) is 16.8. The van der Waals surface area contributed by atoms with Crippen molar-refractivity contribution in [2.24, 2.45) is 0 Å². The van der Waals surface area contributed by atoms with Gasteiger partial charge in [-0.25, -0.2) is 0 Å². The quantitative estimate of drug-likeness (QED) is 0.209. The molecule has 1 heterocycles. The number of halogens is 1. The number of hydrogen-bond acceptors (Lipinski definition) is 6. The van der Waals surface area contributed by atoms with Crippen LogP contribution in [0.2, 0.25) is 0 Å². The van der Waals surface area contributed by atoms with Gasteiger partial charge < -0.3 is 19.8 Å². The van der Waals surface area contributed by atoms with Crippen LogP contribution in [-0.2, 0) is 9.59 Å². The Morgan fingerprint density at radius 1 is 1.03 bits per heavy atom. The van der Waals surface area contributed by atoms with Gasteiger partial charge in [-0.2, -0.15) is 0 Å². The molecule has 4 rings (SSSR count). The number of ketones is 1. The summed E-state index contributed by atoms with van der Waals surface area (Å²) in [5.74, 6) is -1.54. The number of hydrogen-bond donors (Lipinski definition) is 2. The zero-order valence-corrected chi connectivity index (χ0v) is 22.7. The highest BCUT2D eigenvalue weighted by Gasteiger charge is 2.47. The second kappa shape index (κ2) is 10.7. The zero-order valence-electron chi connectivity index (χ0n) is 21.2. The molecule has 1 aliphatic heterocycles. The van der Waals surface area contributed by atoms with Crippen LogP contribution in [0.4, 0.5) is 11.4 Å². The molecule has 37 heavy (non-hydrogen) atoms. The number of carbonyl (C=O) groups excluding carboxylic acids is 2. The molecule has 2 N–H and O–H groups in total. The molecule has 1 amide bonds. The first-order chi connectivity index (χ1) is 17.7. The number of methoxy groups -OCH3 is 1. The molecule has 0 bridgehead atoms. The average Bonchev–Trinajstić information content (AvgIpc) is 3.16. The maximum atomic E-state index is 13.4. The minimum Gasteiger partial charge on any atom is -0.507 e. The van der Waals surface area contributed by atoms with Crippen molar-refractivity contribution in [2.75, 3.05) is 30.0 Å². The summed E-state index contributed by atoms with van der Waals surface area (Å²) in [6, 6.07) is 16.4. The number of aromatic hydroxyl groups is 1. The number of phenols is 1. The Bertz CT molecular complexity index is 1380. The van der Waals surface area contributed by atoms with E-state index in [4.69, 9.17) is 4.74 Å². The molecule has 1 aliphatic rings. The fourth-order valence-electron chi connectivity index (χ4n) is 4.65. The van der Waals surface area contributed by atoms with Crippen molar-refractivity contribution in [1.82, 2.24) is 0 Å². The van der Waals surface area contributed by atoms with Gasteiger partial charge >= 0.3 is 0 Å². The molecule has 0 radical (unpaired) electrons. The Balaban J connectivity index is 1.93. The summed E-state index contributed by atoms with van der Waals surface area (Å²) in [6.07, 6.45) is 0. The minimum absolute atomic E-state index is 0.0569. The van der Waals surface area contributed by atoms with Crippen LogP contribution in [0.3, 0.4) is 0 Å². The molecule has 7 nitrogen and oxygen atoms in total. The zero-order chi connectivity index (χ0) is 26.9. The number of carbonyl (C=O) groups is 2. The molecule has 1 saturated heterocycles. The van der Waals surface area contributed by atoms with Crippen LogP contribution >= 0.6 is 15.9 Å². The lowest BCUT2D eigenvalue weighted by atomic mass is 9.94. The van der Waals surface area contributed by atoms with E-state index in [1.54, 1.807) is 30.3 Å². The van der Waals surface area contributed by atoms with Crippen LogP contribution in [-0.4, -0.2) is 42.1 Å². The van der Waals surface area contributed by atoms with E-state index in [0.29, 0.717) is 21.3 Å². The number of aliphatic hydroxyl groups excluding tert-OH is 1. The van der Waals surface area contributed by atoms with E-state index < -0.39 is 17.7 Å². The Morgan fingerprint density at radius 3 is 2.30 bits per heavy atom. The molecular weight excluding hydrogens is 536 g/mol. The summed E-state index contributed by atoms with van der Waals surface area (Å²) in [6.45, 7) is 7.64. The van der Waals surface area contributed by atoms with Gasteiger partial charge in [0.25, 0.3) is 11.7 Å². The Kier molecular flexibility index (Phi) is 7.59. The highest BCUT2D eigenvalue weighted by atomic mass is 79.9. The van der Waals surface area contributed by atoms with Crippen LogP contribution in [0.25, 0.3) is 5.76 Å². The lowest BCUT2D eigenvalue weighted by Crippen LogP contribution is -2.29. The Hall–Kier alpha value is -3.78. The van der Waals surface area contributed by atoms with E-state index in [1.165, 1.54) is 18.1 Å². The van der Waals surface area contributed by atoms with E-state index in [-0.39, 0.29) is 22.8 Å². The monoisotopic (exact) mass is 564 g/mol. The third kappa shape index (κ3) is 4.81. The van der Waals surface area contributed by atoms with Gasteiger partial charge in [0.1, 0.15) is 17.3 Å². The van der Waals surface area contributed by atoms with Crippen LogP contribution in [0, 0.1) is 6.92 Å². The van der Waals surface area contributed by atoms with E-state index in [0.717, 1.165) is 24.3 Å². The molecule has 0 spiro atoms. The average molecular weight is 565 g/mol. The van der Waals surface area contributed by atoms with Crippen molar-refractivity contribution in [2.45, 2.75) is 26.8 Å². The number of ether oxygens (including phenoxy) is 1. The predicted molar refractivity (Wildman–Crippen MR) is 148 cm³/mol. The number of Topliss-reactive ketones (excluding diaryl/α,β-unsaturated/α-hetero) is 1. The molecule has 0 aliphatic carbocycles. The summed E-state index contributed by atoms with van der Waals surface area (Å²) in [4.78, 5) is 30.3. The summed E-state index contributed by atoms with van der Waals surface area (Å²) in [7, 11) is 1.53. The van der Waals surface area contributed by atoms with Crippen molar-refractivity contribution in [3.63, 3.8) is 0 Å². The van der Waals surface area contributed by atoms with Crippen molar-refractivity contribution >= 4 is 44.8 Å². The highest BCUT2D eigenvalue weighted by Crippen LogP contribution is 2.45. The Labute approximate surface area is 224 Å². The van der Waals surface area contributed by atoms with Crippen molar-refractivity contribution in [1.29, 1.82) is 0 Å². The van der Waals surface area contributed by atoms with Gasteiger partial charge in [-0.3, -0.25) is 14.5 Å². The maximum absolute atomic E-state index is 13.4. The van der Waals surface area contributed by atoms with E-state index >= 15 is 0 Å². The third-order valence-electron chi connectivity index (χ3n) is 6.60. The first-order valence-electron chi connectivity index (χ1n) is 12.0. The molecule has 3 aromatic rings. The van der Waals surface area contributed by atoms with Crippen molar-refractivity contribution < 1.29 is 24.5 Å². The summed E-state index contributed by atoms with van der Waals surface area (Å²) < 4.78 is 5.86. The van der Waals surface area contributed by atoms with Gasteiger partial charge in [-0.1, -0.05) is 18.2 Å². The van der Waals surface area contributed by atoms with Gasteiger partial charge in [0, 0.05) is 24.3 Å². The highest BCUT2D eigenvalue weighted by molar-refractivity contribution is 9.10. The molecule has 0 saturated carbocycles. The molecule has 0 aromatic heterocycles. The van der Waals surface area contributed by atoms with E-state index in [1.807, 2.05) is 31.2 Å². The number of nitrogens with zero attached hydrogens (tertiary/aromatic N) is 2. The maximum Gasteiger partial charge on any atom is 0.300 e. The predicted octanol–water partition coefficient (Wildman–Crippen LogP) is 5.94. The van der Waals surface area contributed by atoms with Crippen LogP contribution < -0.4 is 14.5 Å². The van der Waals surface area contributed by atoms with Crippen molar-refractivity contribution in [3.05, 3.63) is 87.4 Å². The first kappa shape index (κ1) is 26.3. The summed E-state index contributed by atoms with van der Waals surface area (Å²) in [5.41, 5.74) is 2.94. The first-order valence-corrected chi connectivity index (χ1v) is 12.8. The fourth-order valence-corrected chi connectivity index (χ4v) is 5.19. The number of rotatable bonds is 7. The van der Waals surface area contributed by atoms with Gasteiger partial charge in [0.05, 0.1) is 28.9 Å². The summed E-state index contributed by atoms with van der Waals surface area (Å²) >= 11 is 3.41. The SMILES string of the molecule is CCN(CC)c1ccc(C2/C(=C(/O)c3ccc(OC)c(Br)c3)C(=O)C(=O)N2c2cc(C)ccc2O)cc1. The van der Waals surface area contributed by atoms with Crippen LogP contribution in [0.5, 0.6) is 11.5 Å². The molecule has 1 unspecified atom stereocenters. The fraction of sp³-hybridized carbons (Fsp3) is 0.241. The largest absolute Gasteiger partial charge is 0.507 e. The van der Waals surface area contributed by atoms with Crippen molar-refractivity contribution in [3.8, 4) is 11.5 Å². The Morgan fingerprint density at radius 2 is 1.70 bits per heavy atom. The number of amides is 1. The van der Waals surface area contributed by atoms with E-state index in [9.17, 15) is 19.8 Å². The smallest absolute Gasteiger partial charge is 0.300 e. The summed E-state index contributed by atoms with van der Waals surface area (Å²) in [5, 5.41) is 22.1. The van der Waals surface area contributed by atoms with Crippen LogP contribution in [0.1, 0.15) is 36.6 Å². The molecule has 8 heteroatoms. The standard InChI is InChI=1S/C29H29BrN2O5/c1-5-31(6-2)20-11-8-18(9-12-20)26-25(27(34)19-10-14-24(37-4)21(30)16-19)28(35)29(36)32(26)22-15-17(3)7-13-23(22)33/h7-16,26,33-34H,5-6H2,1-4H3/b27-25-. The molecule has 3 aromatic carbocycles. The number of aryl methyl sites for hydroxylation is 1. The number of anilines is 2. The lowest BCUT2D eigenvalue weighted by molar-refractivity contribution is -0.132. The van der Waals surface area contributed by atoms with Gasteiger partial charge in [0.2, 0.25) is 0 Å². The number of phenolic OH excluding ortho intramolecular Hbond substituents is 1. The lowest BCUT2D eigenvalue weighted by Gasteiger charge is -2.27. The second-order valence-electron chi connectivity index (χ2n) is 8.77. The topological polar surface area (TPSA) is 90.3 Å². The molecule has 1 atom stereocenters. The van der Waals surface area contributed by atoms with Gasteiger partial charge in [-0.05, 0) is 90.3 Å². The van der Waals surface area contributed by atoms with Gasteiger partial charge in [0.15, 0.2) is 0 Å². The molecule has 1 fully saturated rings.